The minimum absolute atomic E-state index is 0.0552. The number of nitrogens with two attached hydrogens (primary N) is 1. The molecule has 0 spiro atoms. The Balaban J connectivity index is 2.26. The molecule has 1 fully saturated rings. The molecule has 1 aromatic carbocycles. The van der Waals surface area contributed by atoms with Crippen molar-refractivity contribution in [2.45, 2.75) is 18.9 Å². The highest BCUT2D eigenvalue weighted by Crippen LogP contribution is 2.35. The van der Waals surface area contributed by atoms with E-state index in [1.165, 1.54) is 0 Å². The number of nitrogens with one attached hydrogen (secondary N) is 1. The van der Waals surface area contributed by atoms with Crippen molar-refractivity contribution in [2.75, 3.05) is 13.1 Å². The van der Waals surface area contributed by atoms with Crippen molar-refractivity contribution >= 4 is 45.2 Å². The first-order valence-electron chi connectivity index (χ1n) is 5.74. The van der Waals surface area contributed by atoms with Gasteiger partial charge in [-0.15, -0.1) is 0 Å². The second-order valence-electron chi connectivity index (χ2n) is 4.44. The molecular formula is C12H16I2N2O. The summed E-state index contributed by atoms with van der Waals surface area (Å²) in [5.41, 5.74) is 7.21. The summed E-state index contributed by atoms with van der Waals surface area (Å²) in [5, 5.41) is 13.5. The van der Waals surface area contributed by atoms with Gasteiger partial charge >= 0.3 is 0 Å². The molecule has 0 bridgehead atoms. The molecular weight excluding hydrogens is 442 g/mol. The van der Waals surface area contributed by atoms with Crippen LogP contribution in [0.4, 0.5) is 0 Å². The van der Waals surface area contributed by atoms with Gasteiger partial charge in [0.05, 0.1) is 3.57 Å². The average Bonchev–Trinajstić information content (AvgIpc) is 2.34. The molecule has 2 rings (SSSR count). The van der Waals surface area contributed by atoms with E-state index in [1.54, 1.807) is 0 Å². The molecule has 17 heavy (non-hydrogen) atoms. The van der Waals surface area contributed by atoms with Crippen LogP contribution in [0.25, 0.3) is 0 Å². The summed E-state index contributed by atoms with van der Waals surface area (Å²) in [6.45, 7) is 2.06. The van der Waals surface area contributed by atoms with Crippen molar-refractivity contribution in [2.24, 2.45) is 11.7 Å². The molecule has 1 aliphatic heterocycles. The average molecular weight is 458 g/mol. The van der Waals surface area contributed by atoms with E-state index in [0.717, 1.165) is 38.6 Å². The quantitative estimate of drug-likeness (QED) is 0.598. The van der Waals surface area contributed by atoms with Crippen LogP contribution in [0.3, 0.4) is 0 Å². The van der Waals surface area contributed by atoms with E-state index in [9.17, 15) is 5.11 Å². The molecule has 1 saturated heterocycles. The lowest BCUT2D eigenvalue weighted by molar-refractivity contribution is 0.315. The Morgan fingerprint density at radius 3 is 2.59 bits per heavy atom. The predicted molar refractivity (Wildman–Crippen MR) is 86.1 cm³/mol. The first-order valence-corrected chi connectivity index (χ1v) is 7.89. The fourth-order valence-corrected chi connectivity index (χ4v) is 4.19. The summed E-state index contributed by atoms with van der Waals surface area (Å²) in [7, 11) is 0. The van der Waals surface area contributed by atoms with E-state index >= 15 is 0 Å². The van der Waals surface area contributed by atoms with Crippen molar-refractivity contribution < 1.29 is 5.11 Å². The second kappa shape index (κ2) is 6.03. The molecule has 1 atom stereocenters. The normalized spacial score (nSPS) is 19.2. The molecule has 0 aliphatic carbocycles. The van der Waals surface area contributed by atoms with Gasteiger partial charge in [0.2, 0.25) is 0 Å². The van der Waals surface area contributed by atoms with E-state index in [2.05, 4.69) is 50.5 Å². The van der Waals surface area contributed by atoms with Gasteiger partial charge in [-0.1, -0.05) is 0 Å². The van der Waals surface area contributed by atoms with E-state index in [1.807, 2.05) is 12.1 Å². The van der Waals surface area contributed by atoms with Gasteiger partial charge in [-0.05, 0) is 89.2 Å². The smallest absolute Gasteiger partial charge is 0.133 e. The van der Waals surface area contributed by atoms with Crippen molar-refractivity contribution in [3.8, 4) is 5.75 Å². The Bertz CT molecular complexity index is 406. The number of hydrogen-bond acceptors (Lipinski definition) is 3. The maximum Gasteiger partial charge on any atom is 0.133 e. The summed E-state index contributed by atoms with van der Waals surface area (Å²) >= 11 is 4.43. The highest BCUT2D eigenvalue weighted by Gasteiger charge is 2.24. The zero-order valence-electron chi connectivity index (χ0n) is 9.42. The molecule has 0 saturated carbocycles. The van der Waals surface area contributed by atoms with Gasteiger partial charge in [0.25, 0.3) is 0 Å². The SMILES string of the molecule is N[C@@H](c1cc(I)cc(I)c1O)C1CCNCC1. The number of piperidine rings is 1. The van der Waals surface area contributed by atoms with Crippen molar-refractivity contribution in [1.29, 1.82) is 0 Å². The van der Waals surface area contributed by atoms with Gasteiger partial charge in [0, 0.05) is 15.2 Å². The molecule has 5 heteroatoms. The van der Waals surface area contributed by atoms with E-state index in [4.69, 9.17) is 5.73 Å². The number of rotatable bonds is 2. The molecule has 1 heterocycles. The van der Waals surface area contributed by atoms with E-state index in [-0.39, 0.29) is 6.04 Å². The van der Waals surface area contributed by atoms with Gasteiger partial charge in [0.1, 0.15) is 5.75 Å². The van der Waals surface area contributed by atoms with Crippen LogP contribution in [-0.4, -0.2) is 18.2 Å². The Labute approximate surface area is 129 Å². The topological polar surface area (TPSA) is 58.3 Å². The molecule has 1 aromatic rings. The number of aromatic hydroxyl groups is 1. The summed E-state index contributed by atoms with van der Waals surface area (Å²) in [4.78, 5) is 0. The van der Waals surface area contributed by atoms with Gasteiger partial charge in [-0.25, -0.2) is 0 Å². The fraction of sp³-hybridized carbons (Fsp3) is 0.500. The number of hydrogen-bond donors (Lipinski definition) is 3. The van der Waals surface area contributed by atoms with Gasteiger partial charge in [-0.3, -0.25) is 0 Å². The lowest BCUT2D eigenvalue weighted by Crippen LogP contribution is -2.33. The number of phenols is 1. The summed E-state index contributed by atoms with van der Waals surface area (Å²) in [6, 6.07) is 3.92. The largest absolute Gasteiger partial charge is 0.506 e. The van der Waals surface area contributed by atoms with Crippen molar-refractivity contribution in [1.82, 2.24) is 5.32 Å². The molecule has 0 unspecified atom stereocenters. The zero-order chi connectivity index (χ0) is 12.4. The molecule has 0 amide bonds. The van der Waals surface area contributed by atoms with Crippen LogP contribution in [0.5, 0.6) is 5.75 Å². The Hall–Kier alpha value is 0.400. The molecule has 4 N–H and O–H groups in total. The van der Waals surface area contributed by atoms with E-state index in [0.29, 0.717) is 11.7 Å². The van der Waals surface area contributed by atoms with Crippen LogP contribution in [0.15, 0.2) is 12.1 Å². The van der Waals surface area contributed by atoms with Crippen molar-refractivity contribution in [3.63, 3.8) is 0 Å². The van der Waals surface area contributed by atoms with Gasteiger partial charge < -0.3 is 16.2 Å². The molecule has 94 valence electrons. The van der Waals surface area contributed by atoms with Gasteiger partial charge in [-0.2, -0.15) is 0 Å². The monoisotopic (exact) mass is 458 g/mol. The lowest BCUT2D eigenvalue weighted by Gasteiger charge is -2.29. The van der Waals surface area contributed by atoms with E-state index < -0.39 is 0 Å². The summed E-state index contributed by atoms with van der Waals surface area (Å²) < 4.78 is 2.01. The predicted octanol–water partition coefficient (Wildman–Crippen LogP) is 2.60. The second-order valence-corrected chi connectivity index (χ2v) is 6.85. The highest BCUT2D eigenvalue weighted by molar-refractivity contribution is 14.1. The number of benzene rings is 1. The maximum atomic E-state index is 10.1. The zero-order valence-corrected chi connectivity index (χ0v) is 13.7. The standard InChI is InChI=1S/C12H16I2N2O/c13-8-5-9(12(17)10(14)6-8)11(15)7-1-3-16-4-2-7/h5-7,11,16-17H,1-4,15H2/t11-/m1/s1. The van der Waals surface area contributed by atoms with Crippen LogP contribution in [-0.2, 0) is 0 Å². The molecule has 3 nitrogen and oxygen atoms in total. The maximum absolute atomic E-state index is 10.1. The van der Waals surface area contributed by atoms with Crippen molar-refractivity contribution in [3.05, 3.63) is 24.8 Å². The lowest BCUT2D eigenvalue weighted by atomic mass is 9.86. The first kappa shape index (κ1) is 13.8. The van der Waals surface area contributed by atoms with Crippen LogP contribution in [0.1, 0.15) is 24.4 Å². The Kier molecular flexibility index (Phi) is 4.90. The third kappa shape index (κ3) is 3.24. The summed E-state index contributed by atoms with van der Waals surface area (Å²) in [6.07, 6.45) is 2.17. The van der Waals surface area contributed by atoms with Gasteiger partial charge in [0.15, 0.2) is 0 Å². The third-order valence-corrected chi connectivity index (χ3v) is 4.75. The highest BCUT2D eigenvalue weighted by atomic mass is 127. The minimum Gasteiger partial charge on any atom is -0.506 e. The van der Waals surface area contributed by atoms with Crippen LogP contribution in [0, 0.1) is 13.1 Å². The number of halogens is 2. The Morgan fingerprint density at radius 1 is 1.29 bits per heavy atom. The fourth-order valence-electron chi connectivity index (χ4n) is 2.30. The molecule has 0 radical (unpaired) electrons. The molecule has 1 aliphatic rings. The van der Waals surface area contributed by atoms with Crippen LogP contribution in [0.2, 0.25) is 0 Å². The third-order valence-electron chi connectivity index (χ3n) is 3.31. The molecule has 0 aromatic heterocycles. The first-order chi connectivity index (χ1) is 8.09. The summed E-state index contributed by atoms with van der Waals surface area (Å²) in [5.74, 6) is 0.827. The van der Waals surface area contributed by atoms with Crippen LogP contribution < -0.4 is 11.1 Å². The Morgan fingerprint density at radius 2 is 1.94 bits per heavy atom. The number of phenolic OH excluding ortho intramolecular Hbond substituents is 1. The minimum atomic E-state index is -0.0552. The van der Waals surface area contributed by atoms with Crippen LogP contribution >= 0.6 is 45.2 Å².